The number of halogens is 1. The predicted molar refractivity (Wildman–Crippen MR) is 74.0 cm³/mol. The first-order valence-electron chi connectivity index (χ1n) is 5.67. The van der Waals surface area contributed by atoms with E-state index < -0.39 is 0 Å². The molecule has 0 aliphatic heterocycles. The molecule has 0 aliphatic carbocycles. The monoisotopic (exact) mass is 283 g/mol. The van der Waals surface area contributed by atoms with Gasteiger partial charge in [-0.2, -0.15) is 0 Å². The number of nitrogens with zero attached hydrogens (tertiary/aromatic N) is 2. The molecule has 1 aromatic carbocycles. The fourth-order valence-electron chi connectivity index (χ4n) is 1.47. The first-order chi connectivity index (χ1) is 8.81. The molecule has 0 radical (unpaired) electrons. The predicted octanol–water partition coefficient (Wildman–Crippen LogP) is 3.34. The largest absolute Gasteiger partial charge is 0.374 e. The van der Waals surface area contributed by atoms with Crippen molar-refractivity contribution in [2.45, 2.75) is 20.1 Å². The smallest absolute Gasteiger partial charge is 0.135 e. The van der Waals surface area contributed by atoms with Crippen LogP contribution in [0.4, 0.5) is 5.00 Å². The van der Waals surface area contributed by atoms with Crippen LogP contribution in [-0.4, -0.2) is 16.1 Å². The van der Waals surface area contributed by atoms with Gasteiger partial charge in [-0.15, -0.1) is 5.10 Å². The Morgan fingerprint density at radius 1 is 1.33 bits per heavy atom. The summed E-state index contributed by atoms with van der Waals surface area (Å²) in [7, 11) is 0. The molecular weight excluding hydrogens is 270 g/mol. The number of ether oxygens (including phenoxy) is 1. The average molecular weight is 284 g/mol. The highest BCUT2D eigenvalue weighted by Gasteiger charge is 2.07. The molecule has 1 N–H and O–H groups in total. The number of hydrogen-bond donors (Lipinski definition) is 1. The van der Waals surface area contributed by atoms with Gasteiger partial charge in [-0.25, -0.2) is 0 Å². The Morgan fingerprint density at radius 3 is 2.94 bits per heavy atom. The summed E-state index contributed by atoms with van der Waals surface area (Å²) in [6.45, 7) is 3.79. The minimum Gasteiger partial charge on any atom is -0.374 e. The van der Waals surface area contributed by atoms with Crippen molar-refractivity contribution in [3.05, 3.63) is 40.5 Å². The van der Waals surface area contributed by atoms with Crippen molar-refractivity contribution in [1.29, 1.82) is 0 Å². The van der Waals surface area contributed by atoms with E-state index in [4.69, 9.17) is 16.3 Å². The van der Waals surface area contributed by atoms with E-state index in [-0.39, 0.29) is 0 Å². The van der Waals surface area contributed by atoms with E-state index in [9.17, 15) is 0 Å². The standard InChI is InChI=1S/C12H14ClN3OS/c1-2-14-12-11(15-16-18-12)8-17-7-9-5-3-4-6-10(9)13/h3-6,14H,2,7-8H2,1H3. The van der Waals surface area contributed by atoms with Crippen LogP contribution in [0.1, 0.15) is 18.2 Å². The minimum absolute atomic E-state index is 0.435. The van der Waals surface area contributed by atoms with Crippen LogP contribution in [0.25, 0.3) is 0 Å². The lowest BCUT2D eigenvalue weighted by Crippen LogP contribution is -2.01. The lowest BCUT2D eigenvalue weighted by atomic mass is 10.2. The fourth-order valence-corrected chi connectivity index (χ4v) is 2.30. The average Bonchev–Trinajstić information content (AvgIpc) is 2.80. The molecule has 18 heavy (non-hydrogen) atoms. The normalized spacial score (nSPS) is 10.6. The zero-order valence-electron chi connectivity index (χ0n) is 10.0. The zero-order chi connectivity index (χ0) is 12.8. The number of rotatable bonds is 6. The van der Waals surface area contributed by atoms with E-state index in [0.29, 0.717) is 13.2 Å². The van der Waals surface area contributed by atoms with Crippen LogP contribution in [-0.2, 0) is 18.0 Å². The Kier molecular flexibility index (Phi) is 4.92. The van der Waals surface area contributed by atoms with Gasteiger partial charge < -0.3 is 10.1 Å². The minimum atomic E-state index is 0.435. The quantitative estimate of drug-likeness (QED) is 0.883. The summed E-state index contributed by atoms with van der Waals surface area (Å²) in [6.07, 6.45) is 0. The van der Waals surface area contributed by atoms with Crippen LogP contribution in [0, 0.1) is 0 Å². The van der Waals surface area contributed by atoms with Gasteiger partial charge in [-0.05, 0) is 18.6 Å². The molecule has 2 rings (SSSR count). The van der Waals surface area contributed by atoms with Crippen molar-refractivity contribution in [1.82, 2.24) is 9.59 Å². The first kappa shape index (κ1) is 13.3. The third kappa shape index (κ3) is 3.41. The van der Waals surface area contributed by atoms with Gasteiger partial charge in [0.1, 0.15) is 10.7 Å². The molecule has 0 bridgehead atoms. The zero-order valence-corrected chi connectivity index (χ0v) is 11.6. The lowest BCUT2D eigenvalue weighted by molar-refractivity contribution is 0.105. The highest BCUT2D eigenvalue weighted by atomic mass is 35.5. The molecule has 96 valence electrons. The topological polar surface area (TPSA) is 47.0 Å². The van der Waals surface area contributed by atoms with Gasteiger partial charge in [0, 0.05) is 23.1 Å². The van der Waals surface area contributed by atoms with Crippen LogP contribution >= 0.6 is 23.1 Å². The second-order valence-electron chi connectivity index (χ2n) is 3.66. The van der Waals surface area contributed by atoms with Gasteiger partial charge >= 0.3 is 0 Å². The van der Waals surface area contributed by atoms with Gasteiger partial charge in [0.2, 0.25) is 0 Å². The van der Waals surface area contributed by atoms with Crippen molar-refractivity contribution in [2.75, 3.05) is 11.9 Å². The molecule has 4 nitrogen and oxygen atoms in total. The number of anilines is 1. The first-order valence-corrected chi connectivity index (χ1v) is 6.82. The molecule has 0 fully saturated rings. The fraction of sp³-hybridized carbons (Fsp3) is 0.333. The molecule has 1 heterocycles. The van der Waals surface area contributed by atoms with Crippen molar-refractivity contribution in [3.8, 4) is 0 Å². The van der Waals surface area contributed by atoms with Crippen LogP contribution in [0.3, 0.4) is 0 Å². The third-order valence-corrected chi connectivity index (χ3v) is 3.44. The summed E-state index contributed by atoms with van der Waals surface area (Å²) < 4.78 is 9.52. The maximum atomic E-state index is 6.05. The Morgan fingerprint density at radius 2 is 2.17 bits per heavy atom. The Hall–Kier alpha value is -1.17. The van der Waals surface area contributed by atoms with E-state index in [1.54, 1.807) is 0 Å². The summed E-state index contributed by atoms with van der Waals surface area (Å²) in [5, 5.41) is 8.93. The van der Waals surface area contributed by atoms with E-state index in [2.05, 4.69) is 14.9 Å². The van der Waals surface area contributed by atoms with Crippen LogP contribution < -0.4 is 5.32 Å². The van der Waals surface area contributed by atoms with Crippen molar-refractivity contribution < 1.29 is 4.74 Å². The lowest BCUT2D eigenvalue weighted by Gasteiger charge is -2.06. The summed E-state index contributed by atoms with van der Waals surface area (Å²) in [5.41, 5.74) is 1.82. The van der Waals surface area contributed by atoms with Gasteiger partial charge in [0.05, 0.1) is 13.2 Å². The molecule has 0 atom stereocenters. The van der Waals surface area contributed by atoms with Crippen molar-refractivity contribution >= 4 is 28.1 Å². The summed E-state index contributed by atoms with van der Waals surface area (Å²) in [5.74, 6) is 0. The molecule has 0 saturated heterocycles. The number of hydrogen-bond acceptors (Lipinski definition) is 5. The number of nitrogens with one attached hydrogen (secondary N) is 1. The highest BCUT2D eigenvalue weighted by molar-refractivity contribution is 7.10. The van der Waals surface area contributed by atoms with Gasteiger partial charge in [0.25, 0.3) is 0 Å². The highest BCUT2D eigenvalue weighted by Crippen LogP contribution is 2.20. The SMILES string of the molecule is CCNc1snnc1COCc1ccccc1Cl. The second-order valence-corrected chi connectivity index (χ2v) is 4.82. The Bertz CT molecular complexity index is 504. The maximum Gasteiger partial charge on any atom is 0.135 e. The summed E-state index contributed by atoms with van der Waals surface area (Å²) in [6, 6.07) is 7.65. The second kappa shape index (κ2) is 6.68. The van der Waals surface area contributed by atoms with Gasteiger partial charge in [-0.1, -0.05) is 34.3 Å². The third-order valence-electron chi connectivity index (χ3n) is 2.35. The molecule has 0 aliphatic rings. The molecule has 2 aromatic rings. The molecule has 0 unspecified atom stereocenters. The van der Waals surface area contributed by atoms with Crippen LogP contribution in [0.15, 0.2) is 24.3 Å². The van der Waals surface area contributed by atoms with Crippen molar-refractivity contribution in [2.24, 2.45) is 0 Å². The molecule has 1 aromatic heterocycles. The number of aromatic nitrogens is 2. The molecular formula is C12H14ClN3OS. The molecule has 0 spiro atoms. The molecule has 6 heteroatoms. The van der Waals surface area contributed by atoms with Crippen LogP contribution in [0.2, 0.25) is 5.02 Å². The van der Waals surface area contributed by atoms with E-state index in [1.807, 2.05) is 31.2 Å². The van der Waals surface area contributed by atoms with E-state index in [1.165, 1.54) is 11.5 Å². The van der Waals surface area contributed by atoms with Crippen LogP contribution in [0.5, 0.6) is 0 Å². The molecule has 0 amide bonds. The van der Waals surface area contributed by atoms with E-state index >= 15 is 0 Å². The number of benzene rings is 1. The molecule has 0 saturated carbocycles. The summed E-state index contributed by atoms with van der Waals surface area (Å²) >= 11 is 7.39. The summed E-state index contributed by atoms with van der Waals surface area (Å²) in [4.78, 5) is 0. The van der Waals surface area contributed by atoms with Gasteiger partial charge in [0.15, 0.2) is 0 Å². The van der Waals surface area contributed by atoms with E-state index in [0.717, 1.165) is 27.8 Å². The van der Waals surface area contributed by atoms with Crippen molar-refractivity contribution in [3.63, 3.8) is 0 Å². The maximum absolute atomic E-state index is 6.05. The van der Waals surface area contributed by atoms with Gasteiger partial charge in [-0.3, -0.25) is 0 Å². The Balaban J connectivity index is 1.88. The Labute approximate surface area is 115 Å².